The molecule has 0 spiro atoms. The third-order valence-corrected chi connectivity index (χ3v) is 3.48. The number of aryl methyl sites for hydroxylation is 1. The Balaban J connectivity index is 2.05. The van der Waals surface area contributed by atoms with Gasteiger partial charge in [0.2, 0.25) is 0 Å². The Kier molecular flexibility index (Phi) is 4.98. The van der Waals surface area contributed by atoms with Crippen LogP contribution in [0.4, 0.5) is 5.69 Å². The minimum atomic E-state index is -0.659. The van der Waals surface area contributed by atoms with E-state index in [-0.39, 0.29) is 19.1 Å². The molecule has 1 aromatic rings. The Hall–Kier alpha value is -1.59. The molecule has 0 fully saturated rings. The van der Waals surface area contributed by atoms with Crippen LogP contribution in [0.5, 0.6) is 0 Å². The lowest BCUT2D eigenvalue weighted by atomic mass is 10.0. The third kappa shape index (κ3) is 3.49. The maximum absolute atomic E-state index is 12.3. The average Bonchev–Trinajstić information content (AvgIpc) is 2.46. The van der Waals surface area contributed by atoms with Gasteiger partial charge in [-0.2, -0.15) is 0 Å². The number of rotatable bonds is 5. The van der Waals surface area contributed by atoms with Crippen LogP contribution < -0.4 is 5.32 Å². The molecule has 110 valence electrons. The Morgan fingerprint density at radius 2 is 2.35 bits per heavy atom. The monoisotopic (exact) mass is 278 g/mol. The van der Waals surface area contributed by atoms with Crippen molar-refractivity contribution in [1.29, 1.82) is 0 Å². The van der Waals surface area contributed by atoms with Gasteiger partial charge in [0, 0.05) is 38.5 Å². The number of fused-ring (bicyclic) bond motifs is 1. The zero-order valence-electron chi connectivity index (χ0n) is 12.1. The van der Waals surface area contributed by atoms with Crippen molar-refractivity contribution in [3.05, 3.63) is 29.3 Å². The second kappa shape index (κ2) is 6.72. The van der Waals surface area contributed by atoms with Gasteiger partial charge in [0.25, 0.3) is 5.91 Å². The quantitative estimate of drug-likeness (QED) is 0.847. The van der Waals surface area contributed by atoms with E-state index in [1.54, 1.807) is 7.05 Å². The first-order valence-corrected chi connectivity index (χ1v) is 6.91. The molecular formula is C15H22N2O3. The minimum Gasteiger partial charge on any atom is -0.389 e. The van der Waals surface area contributed by atoms with Gasteiger partial charge in [0.1, 0.15) is 0 Å². The van der Waals surface area contributed by atoms with Crippen molar-refractivity contribution >= 4 is 11.6 Å². The molecule has 2 rings (SSSR count). The van der Waals surface area contributed by atoms with Crippen molar-refractivity contribution in [3.63, 3.8) is 0 Å². The summed E-state index contributed by atoms with van der Waals surface area (Å²) in [6, 6.07) is 5.74. The van der Waals surface area contributed by atoms with Gasteiger partial charge < -0.3 is 20.1 Å². The highest BCUT2D eigenvalue weighted by Crippen LogP contribution is 2.23. The summed E-state index contributed by atoms with van der Waals surface area (Å²) in [4.78, 5) is 13.9. The number of likely N-dealkylation sites (N-methyl/N-ethyl adjacent to an activating group) is 1. The number of nitrogens with one attached hydrogen (secondary N) is 1. The van der Waals surface area contributed by atoms with Gasteiger partial charge in [-0.15, -0.1) is 0 Å². The number of benzene rings is 1. The Labute approximate surface area is 119 Å². The van der Waals surface area contributed by atoms with Gasteiger partial charge in [0.05, 0.1) is 12.7 Å². The van der Waals surface area contributed by atoms with Crippen LogP contribution in [0.3, 0.4) is 0 Å². The Morgan fingerprint density at radius 3 is 3.10 bits per heavy atom. The number of aliphatic hydroxyl groups is 1. The summed E-state index contributed by atoms with van der Waals surface area (Å²) in [6.45, 7) is 1.48. The van der Waals surface area contributed by atoms with Crippen molar-refractivity contribution in [1.82, 2.24) is 4.90 Å². The second-order valence-corrected chi connectivity index (χ2v) is 5.20. The van der Waals surface area contributed by atoms with Crippen LogP contribution in [0.1, 0.15) is 22.3 Å². The van der Waals surface area contributed by atoms with E-state index in [1.165, 1.54) is 17.6 Å². The van der Waals surface area contributed by atoms with Gasteiger partial charge in [-0.25, -0.2) is 0 Å². The SMILES string of the molecule is COCC(O)CN(C)C(=O)c1ccc2c(c1)CCCN2. The first-order chi connectivity index (χ1) is 9.61. The number of ether oxygens (including phenoxy) is 1. The van der Waals surface area contributed by atoms with E-state index in [9.17, 15) is 9.90 Å². The highest BCUT2D eigenvalue weighted by atomic mass is 16.5. The lowest BCUT2D eigenvalue weighted by Gasteiger charge is -2.22. The van der Waals surface area contributed by atoms with Crippen LogP contribution in [-0.4, -0.2) is 55.9 Å². The van der Waals surface area contributed by atoms with E-state index in [2.05, 4.69) is 5.32 Å². The molecule has 5 heteroatoms. The summed E-state index contributed by atoms with van der Waals surface area (Å²) in [7, 11) is 3.22. The molecule has 1 unspecified atom stereocenters. The molecule has 0 bridgehead atoms. The summed E-state index contributed by atoms with van der Waals surface area (Å²) < 4.78 is 4.87. The fraction of sp³-hybridized carbons (Fsp3) is 0.533. The number of carbonyl (C=O) groups is 1. The van der Waals surface area contributed by atoms with Gasteiger partial charge in [-0.3, -0.25) is 4.79 Å². The lowest BCUT2D eigenvalue weighted by Crippen LogP contribution is -2.36. The summed E-state index contributed by atoms with van der Waals surface area (Å²) >= 11 is 0. The first-order valence-electron chi connectivity index (χ1n) is 6.91. The number of aliphatic hydroxyl groups excluding tert-OH is 1. The number of nitrogens with zero attached hydrogens (tertiary/aromatic N) is 1. The maximum Gasteiger partial charge on any atom is 0.253 e. The average molecular weight is 278 g/mol. The molecule has 1 aromatic carbocycles. The molecular weight excluding hydrogens is 256 g/mol. The minimum absolute atomic E-state index is 0.0754. The predicted molar refractivity (Wildman–Crippen MR) is 78.1 cm³/mol. The summed E-state index contributed by atoms with van der Waals surface area (Å²) in [5.41, 5.74) is 2.97. The van der Waals surface area contributed by atoms with Crippen molar-refractivity contribution in [2.24, 2.45) is 0 Å². The molecule has 1 aliphatic heterocycles. The predicted octanol–water partition coefficient (Wildman–Crippen LogP) is 1.12. The molecule has 0 aliphatic carbocycles. The number of methoxy groups -OCH3 is 1. The van der Waals surface area contributed by atoms with Crippen LogP contribution in [0, 0.1) is 0 Å². The number of hydrogen-bond acceptors (Lipinski definition) is 4. The summed E-state index contributed by atoms with van der Waals surface area (Å²) in [6.07, 6.45) is 1.43. The molecule has 20 heavy (non-hydrogen) atoms. The number of carbonyl (C=O) groups excluding carboxylic acids is 1. The molecule has 1 atom stereocenters. The van der Waals surface area contributed by atoms with Crippen molar-refractivity contribution < 1.29 is 14.6 Å². The fourth-order valence-corrected chi connectivity index (χ4v) is 2.47. The van der Waals surface area contributed by atoms with E-state index >= 15 is 0 Å². The van der Waals surface area contributed by atoms with E-state index in [0.29, 0.717) is 5.56 Å². The summed E-state index contributed by atoms with van der Waals surface area (Å²) in [5.74, 6) is -0.0754. The lowest BCUT2D eigenvalue weighted by molar-refractivity contribution is 0.0380. The zero-order valence-corrected chi connectivity index (χ0v) is 12.1. The Bertz CT molecular complexity index is 476. The van der Waals surface area contributed by atoms with Crippen LogP contribution in [0.25, 0.3) is 0 Å². The van der Waals surface area contributed by atoms with Crippen molar-refractivity contribution in [3.8, 4) is 0 Å². The van der Waals surface area contributed by atoms with E-state index in [4.69, 9.17) is 4.74 Å². The first kappa shape index (κ1) is 14.8. The third-order valence-electron chi connectivity index (χ3n) is 3.48. The summed E-state index contributed by atoms with van der Waals surface area (Å²) in [5, 5.41) is 13.0. The van der Waals surface area contributed by atoms with Gasteiger partial charge in [-0.1, -0.05) is 0 Å². The van der Waals surface area contributed by atoms with E-state index in [0.717, 1.165) is 25.1 Å². The maximum atomic E-state index is 12.3. The molecule has 5 nitrogen and oxygen atoms in total. The molecule has 1 amide bonds. The highest BCUT2D eigenvalue weighted by Gasteiger charge is 2.17. The largest absolute Gasteiger partial charge is 0.389 e. The van der Waals surface area contributed by atoms with Crippen molar-refractivity contribution in [2.45, 2.75) is 18.9 Å². The van der Waals surface area contributed by atoms with E-state index in [1.807, 2.05) is 18.2 Å². The van der Waals surface area contributed by atoms with Gasteiger partial charge in [-0.05, 0) is 36.6 Å². The molecule has 0 radical (unpaired) electrons. The molecule has 2 N–H and O–H groups in total. The molecule has 0 aromatic heterocycles. The van der Waals surface area contributed by atoms with Crippen LogP contribution in [0.15, 0.2) is 18.2 Å². The smallest absolute Gasteiger partial charge is 0.253 e. The van der Waals surface area contributed by atoms with Gasteiger partial charge >= 0.3 is 0 Å². The molecule has 0 saturated carbocycles. The van der Waals surface area contributed by atoms with Crippen LogP contribution in [-0.2, 0) is 11.2 Å². The topological polar surface area (TPSA) is 61.8 Å². The Morgan fingerprint density at radius 1 is 1.55 bits per heavy atom. The molecule has 1 aliphatic rings. The highest BCUT2D eigenvalue weighted by molar-refractivity contribution is 5.94. The van der Waals surface area contributed by atoms with Crippen LogP contribution in [0.2, 0.25) is 0 Å². The normalized spacial score (nSPS) is 15.2. The standard InChI is InChI=1S/C15H22N2O3/c1-17(9-13(18)10-20-2)15(19)12-5-6-14-11(8-12)4-3-7-16-14/h5-6,8,13,16,18H,3-4,7,9-10H2,1-2H3. The number of anilines is 1. The molecule has 1 heterocycles. The number of amides is 1. The van der Waals surface area contributed by atoms with Crippen molar-refractivity contribution in [2.75, 3.05) is 39.2 Å². The number of hydrogen-bond donors (Lipinski definition) is 2. The molecule has 0 saturated heterocycles. The van der Waals surface area contributed by atoms with Crippen LogP contribution >= 0.6 is 0 Å². The zero-order chi connectivity index (χ0) is 14.5. The van der Waals surface area contributed by atoms with E-state index < -0.39 is 6.10 Å². The fourth-order valence-electron chi connectivity index (χ4n) is 2.47. The van der Waals surface area contributed by atoms with Gasteiger partial charge in [0.15, 0.2) is 0 Å². The second-order valence-electron chi connectivity index (χ2n) is 5.20.